The molecule has 0 aliphatic heterocycles. The number of esters is 1. The van der Waals surface area contributed by atoms with Crippen LogP contribution in [-0.2, 0) is 4.74 Å². The first kappa shape index (κ1) is 13.4. The van der Waals surface area contributed by atoms with Gasteiger partial charge in [-0.25, -0.2) is 4.79 Å². The average Bonchev–Trinajstić information content (AvgIpc) is 2.32. The summed E-state index contributed by atoms with van der Waals surface area (Å²) in [4.78, 5) is 11.8. The van der Waals surface area contributed by atoms with Crippen LogP contribution in [0.4, 0.5) is 5.69 Å². The number of unbranched alkanes of at least 4 members (excludes halogenated alkanes) is 1. The summed E-state index contributed by atoms with van der Waals surface area (Å²) in [6, 6.07) is 4.97. The summed E-state index contributed by atoms with van der Waals surface area (Å²) in [6.07, 6.45) is 1.85. The Morgan fingerprint density at radius 2 is 2.12 bits per heavy atom. The fourth-order valence-corrected chi connectivity index (χ4v) is 1.38. The lowest BCUT2D eigenvalue weighted by Crippen LogP contribution is -2.09. The monoisotopic (exact) mass is 237 g/mol. The number of ether oxygens (including phenoxy) is 2. The van der Waals surface area contributed by atoms with Gasteiger partial charge in [0.15, 0.2) is 0 Å². The minimum absolute atomic E-state index is 0.380. The molecule has 0 aliphatic carbocycles. The summed E-state index contributed by atoms with van der Waals surface area (Å²) in [5, 5.41) is 0. The quantitative estimate of drug-likeness (QED) is 0.469. The molecule has 0 heterocycles. The molecule has 2 N–H and O–H groups in total. The molecule has 94 valence electrons. The molecule has 1 rings (SSSR count). The molecule has 0 atom stereocenters. The van der Waals surface area contributed by atoms with E-state index in [1.54, 1.807) is 18.2 Å². The first-order valence-electron chi connectivity index (χ1n) is 5.88. The van der Waals surface area contributed by atoms with Crippen LogP contribution in [0.25, 0.3) is 0 Å². The summed E-state index contributed by atoms with van der Waals surface area (Å²) in [7, 11) is 0. The predicted octanol–water partition coefficient (Wildman–Crippen LogP) is 2.62. The highest BCUT2D eigenvalue weighted by Crippen LogP contribution is 2.22. The van der Waals surface area contributed by atoms with Gasteiger partial charge < -0.3 is 15.2 Å². The maximum absolute atomic E-state index is 11.8. The second-order valence-corrected chi connectivity index (χ2v) is 3.68. The first-order valence-corrected chi connectivity index (χ1v) is 5.88. The Balaban J connectivity index is 2.78. The van der Waals surface area contributed by atoms with Gasteiger partial charge in [-0.2, -0.15) is 0 Å². The topological polar surface area (TPSA) is 61.5 Å². The molecule has 0 aliphatic rings. The summed E-state index contributed by atoms with van der Waals surface area (Å²) in [5.74, 6) is 0.136. The molecule has 0 unspecified atom stereocenters. The molecular weight excluding hydrogens is 218 g/mol. The summed E-state index contributed by atoms with van der Waals surface area (Å²) < 4.78 is 10.5. The van der Waals surface area contributed by atoms with E-state index in [9.17, 15) is 4.79 Å². The van der Waals surface area contributed by atoms with E-state index in [1.165, 1.54) is 0 Å². The van der Waals surface area contributed by atoms with Crippen LogP contribution in [0, 0.1) is 0 Å². The van der Waals surface area contributed by atoms with Crippen LogP contribution in [0.1, 0.15) is 37.0 Å². The second-order valence-electron chi connectivity index (χ2n) is 3.68. The van der Waals surface area contributed by atoms with Crippen LogP contribution < -0.4 is 10.5 Å². The molecule has 1 aromatic carbocycles. The smallest absolute Gasteiger partial charge is 0.341 e. The van der Waals surface area contributed by atoms with Crippen LogP contribution in [0.3, 0.4) is 0 Å². The van der Waals surface area contributed by atoms with Crippen molar-refractivity contribution in [2.75, 3.05) is 18.9 Å². The number of benzene rings is 1. The zero-order valence-corrected chi connectivity index (χ0v) is 10.4. The van der Waals surface area contributed by atoms with Gasteiger partial charge in [-0.3, -0.25) is 0 Å². The van der Waals surface area contributed by atoms with Crippen LogP contribution in [0.2, 0.25) is 0 Å². The lowest BCUT2D eigenvalue weighted by molar-refractivity contribution is 0.0495. The number of anilines is 1. The maximum Gasteiger partial charge on any atom is 0.341 e. The minimum atomic E-state index is -0.380. The van der Waals surface area contributed by atoms with E-state index in [1.807, 2.05) is 13.8 Å². The van der Waals surface area contributed by atoms with Gasteiger partial charge in [-0.05, 0) is 31.5 Å². The van der Waals surface area contributed by atoms with Gasteiger partial charge in [0.2, 0.25) is 0 Å². The minimum Gasteiger partial charge on any atom is -0.493 e. The van der Waals surface area contributed by atoms with E-state index < -0.39 is 0 Å². The highest BCUT2D eigenvalue weighted by molar-refractivity contribution is 5.93. The zero-order chi connectivity index (χ0) is 12.7. The van der Waals surface area contributed by atoms with Gasteiger partial charge in [-0.1, -0.05) is 13.3 Å². The van der Waals surface area contributed by atoms with Crippen LogP contribution in [0.5, 0.6) is 5.75 Å². The van der Waals surface area contributed by atoms with E-state index in [-0.39, 0.29) is 5.97 Å². The van der Waals surface area contributed by atoms with Gasteiger partial charge in [0, 0.05) is 5.69 Å². The molecule has 0 spiro atoms. The number of nitrogen functional groups attached to an aromatic ring is 1. The highest BCUT2D eigenvalue weighted by Gasteiger charge is 2.14. The number of rotatable bonds is 6. The number of hydrogen-bond donors (Lipinski definition) is 1. The fourth-order valence-electron chi connectivity index (χ4n) is 1.38. The van der Waals surface area contributed by atoms with Crippen molar-refractivity contribution in [1.82, 2.24) is 0 Å². The molecule has 0 saturated heterocycles. The molecule has 0 bridgehead atoms. The Bertz CT molecular complexity index is 377. The molecule has 0 amide bonds. The lowest BCUT2D eigenvalue weighted by Gasteiger charge is -2.10. The van der Waals surface area contributed by atoms with Gasteiger partial charge in [0.25, 0.3) is 0 Å². The SMILES string of the molecule is CCCCOC(=O)c1cc(N)ccc1OCC. The van der Waals surface area contributed by atoms with Crippen LogP contribution in [0.15, 0.2) is 18.2 Å². The van der Waals surface area contributed by atoms with Crippen molar-refractivity contribution in [3.05, 3.63) is 23.8 Å². The van der Waals surface area contributed by atoms with Crippen molar-refractivity contribution in [3.63, 3.8) is 0 Å². The van der Waals surface area contributed by atoms with Gasteiger partial charge in [-0.15, -0.1) is 0 Å². The number of carbonyl (C=O) groups is 1. The van der Waals surface area contributed by atoms with Gasteiger partial charge in [0.05, 0.1) is 13.2 Å². The van der Waals surface area contributed by atoms with E-state index in [2.05, 4.69) is 0 Å². The molecule has 1 aromatic rings. The van der Waals surface area contributed by atoms with E-state index >= 15 is 0 Å². The third-order valence-corrected chi connectivity index (χ3v) is 2.25. The Hall–Kier alpha value is -1.71. The first-order chi connectivity index (χ1) is 8.19. The second kappa shape index (κ2) is 6.78. The lowest BCUT2D eigenvalue weighted by atomic mass is 10.2. The molecule has 0 fully saturated rings. The van der Waals surface area contributed by atoms with Crippen molar-refractivity contribution < 1.29 is 14.3 Å². The van der Waals surface area contributed by atoms with Gasteiger partial charge >= 0.3 is 5.97 Å². The Labute approximate surface area is 102 Å². The highest BCUT2D eigenvalue weighted by atomic mass is 16.5. The van der Waals surface area contributed by atoms with Gasteiger partial charge in [0.1, 0.15) is 11.3 Å². The zero-order valence-electron chi connectivity index (χ0n) is 10.4. The maximum atomic E-state index is 11.8. The van der Waals surface area contributed by atoms with Crippen molar-refractivity contribution in [1.29, 1.82) is 0 Å². The Morgan fingerprint density at radius 3 is 2.76 bits per heavy atom. The molecule has 4 heteroatoms. The van der Waals surface area contributed by atoms with E-state index in [4.69, 9.17) is 15.2 Å². The molecule has 4 nitrogen and oxygen atoms in total. The number of nitrogens with two attached hydrogens (primary N) is 1. The van der Waals surface area contributed by atoms with Crippen LogP contribution in [-0.4, -0.2) is 19.2 Å². The summed E-state index contributed by atoms with van der Waals surface area (Å²) >= 11 is 0. The van der Waals surface area contributed by atoms with E-state index in [0.717, 1.165) is 12.8 Å². The Morgan fingerprint density at radius 1 is 1.35 bits per heavy atom. The third-order valence-electron chi connectivity index (χ3n) is 2.25. The van der Waals surface area contributed by atoms with E-state index in [0.29, 0.717) is 30.2 Å². The molecular formula is C13H19NO3. The third kappa shape index (κ3) is 3.98. The van der Waals surface area contributed by atoms with Crippen LogP contribution >= 0.6 is 0 Å². The average molecular weight is 237 g/mol. The van der Waals surface area contributed by atoms with Crippen molar-refractivity contribution in [3.8, 4) is 5.75 Å². The molecule has 0 saturated carbocycles. The molecule has 0 aromatic heterocycles. The number of hydrogen-bond acceptors (Lipinski definition) is 4. The number of carbonyl (C=O) groups excluding carboxylic acids is 1. The largest absolute Gasteiger partial charge is 0.493 e. The van der Waals surface area contributed by atoms with Crippen molar-refractivity contribution in [2.45, 2.75) is 26.7 Å². The predicted molar refractivity (Wildman–Crippen MR) is 67.2 cm³/mol. The molecule has 0 radical (unpaired) electrons. The normalized spacial score (nSPS) is 10.0. The fraction of sp³-hybridized carbons (Fsp3) is 0.462. The standard InChI is InChI=1S/C13H19NO3/c1-3-5-8-17-13(15)11-9-10(14)6-7-12(11)16-4-2/h6-7,9H,3-5,8,14H2,1-2H3. The van der Waals surface area contributed by atoms with Crippen molar-refractivity contribution in [2.24, 2.45) is 0 Å². The summed E-state index contributed by atoms with van der Waals surface area (Å²) in [6.45, 7) is 4.83. The molecule has 17 heavy (non-hydrogen) atoms. The summed E-state index contributed by atoms with van der Waals surface area (Å²) in [5.41, 5.74) is 6.57. The van der Waals surface area contributed by atoms with Crippen molar-refractivity contribution >= 4 is 11.7 Å². The Kier molecular flexibility index (Phi) is 5.33.